The van der Waals surface area contributed by atoms with Gasteiger partial charge in [-0.05, 0) is 18.3 Å². The highest BCUT2D eigenvalue weighted by Gasteiger charge is 2.61. The van der Waals surface area contributed by atoms with Gasteiger partial charge in [0, 0.05) is 19.3 Å². The second-order valence-corrected chi connectivity index (χ2v) is 13.7. The lowest BCUT2D eigenvalue weighted by Gasteiger charge is -2.45. The van der Waals surface area contributed by atoms with E-state index in [1.807, 2.05) is 0 Å². The summed E-state index contributed by atoms with van der Waals surface area (Å²) in [5.41, 5.74) is 0. The molecule has 9 atom stereocenters. The zero-order chi connectivity index (χ0) is 35.9. The normalized spacial score (nSPS) is 30.5. The van der Waals surface area contributed by atoms with Gasteiger partial charge in [-0.1, -0.05) is 86.0 Å². The van der Waals surface area contributed by atoms with Gasteiger partial charge in [0.15, 0.2) is 24.6 Å². The Bertz CT molecular complexity index is 960. The minimum atomic E-state index is -2.34. The molecule has 0 amide bonds. The molecule has 2 aliphatic heterocycles. The van der Waals surface area contributed by atoms with Crippen molar-refractivity contribution in [2.75, 3.05) is 19.8 Å². The molecule has 2 aliphatic rings. The van der Waals surface area contributed by atoms with Crippen molar-refractivity contribution in [3.8, 4) is 0 Å². The third kappa shape index (κ3) is 12.8. The van der Waals surface area contributed by atoms with Gasteiger partial charge in [-0.3, -0.25) is 14.4 Å². The molecular formula is C34H60O14. The van der Waals surface area contributed by atoms with E-state index in [1.165, 1.54) is 25.7 Å². The Labute approximate surface area is 284 Å². The Balaban J connectivity index is 2.24. The zero-order valence-electron chi connectivity index (χ0n) is 29.3. The van der Waals surface area contributed by atoms with Crippen LogP contribution in [-0.4, -0.2) is 118 Å². The summed E-state index contributed by atoms with van der Waals surface area (Å²) in [4.78, 5) is 38.3. The molecule has 48 heavy (non-hydrogen) atoms. The maximum absolute atomic E-state index is 13.0. The second kappa shape index (κ2) is 21.3. The van der Waals surface area contributed by atoms with Gasteiger partial charge in [0.05, 0.1) is 13.2 Å². The minimum Gasteiger partial charge on any atom is -0.455 e. The lowest BCUT2D eigenvalue weighted by atomic mass is 9.97. The number of aliphatic hydroxyl groups is 5. The van der Waals surface area contributed by atoms with Gasteiger partial charge in [0.25, 0.3) is 0 Å². The molecule has 0 radical (unpaired) electrons. The molecule has 0 aromatic heterocycles. The summed E-state index contributed by atoms with van der Waals surface area (Å²) in [7, 11) is 0. The summed E-state index contributed by atoms with van der Waals surface area (Å²) in [6.45, 7) is 6.83. The van der Waals surface area contributed by atoms with Crippen LogP contribution in [0.3, 0.4) is 0 Å². The number of carbonyl (C=O) groups excluding carboxylic acids is 3. The van der Waals surface area contributed by atoms with Crippen LogP contribution in [0.5, 0.6) is 0 Å². The van der Waals surface area contributed by atoms with E-state index in [9.17, 15) is 39.9 Å². The maximum Gasteiger partial charge on any atom is 0.306 e. The average Bonchev–Trinajstić information content (AvgIpc) is 3.28. The summed E-state index contributed by atoms with van der Waals surface area (Å²) < 4.78 is 34.1. The van der Waals surface area contributed by atoms with E-state index in [-0.39, 0.29) is 31.1 Å². The molecule has 0 aliphatic carbocycles. The van der Waals surface area contributed by atoms with Crippen molar-refractivity contribution >= 4 is 17.9 Å². The summed E-state index contributed by atoms with van der Waals surface area (Å²) >= 11 is 0. The van der Waals surface area contributed by atoms with Gasteiger partial charge in [-0.15, -0.1) is 0 Å². The van der Waals surface area contributed by atoms with Crippen LogP contribution in [0, 0.1) is 11.8 Å². The predicted octanol–water partition coefficient (Wildman–Crippen LogP) is 2.27. The van der Waals surface area contributed by atoms with Crippen LogP contribution in [0.15, 0.2) is 0 Å². The molecule has 0 bridgehead atoms. The van der Waals surface area contributed by atoms with Gasteiger partial charge in [-0.25, -0.2) is 0 Å². The van der Waals surface area contributed by atoms with Crippen LogP contribution in [-0.2, 0) is 42.8 Å². The van der Waals surface area contributed by atoms with E-state index in [2.05, 4.69) is 6.92 Å². The van der Waals surface area contributed by atoms with Crippen molar-refractivity contribution in [2.24, 2.45) is 11.8 Å². The molecular weight excluding hydrogens is 632 g/mol. The van der Waals surface area contributed by atoms with E-state index in [0.29, 0.717) is 6.42 Å². The first-order valence-electron chi connectivity index (χ1n) is 17.6. The molecule has 0 aromatic rings. The molecule has 280 valence electrons. The molecule has 14 heteroatoms. The summed E-state index contributed by atoms with van der Waals surface area (Å²) in [5.74, 6) is -4.60. The third-order valence-electron chi connectivity index (χ3n) is 8.41. The van der Waals surface area contributed by atoms with Crippen molar-refractivity contribution in [1.29, 1.82) is 0 Å². The third-order valence-corrected chi connectivity index (χ3v) is 8.41. The zero-order valence-corrected chi connectivity index (χ0v) is 29.3. The first kappa shape index (κ1) is 42.3. The van der Waals surface area contributed by atoms with Gasteiger partial charge in [0.1, 0.15) is 31.0 Å². The Morgan fingerprint density at radius 1 is 0.688 bits per heavy atom. The van der Waals surface area contributed by atoms with Crippen molar-refractivity contribution in [2.45, 2.75) is 166 Å². The van der Waals surface area contributed by atoms with E-state index in [4.69, 9.17) is 28.4 Å². The molecule has 0 saturated carbocycles. The number of hydrogen-bond donors (Lipinski definition) is 5. The summed E-state index contributed by atoms with van der Waals surface area (Å²) in [5, 5.41) is 52.8. The van der Waals surface area contributed by atoms with E-state index >= 15 is 0 Å². The first-order valence-corrected chi connectivity index (χ1v) is 17.6. The smallest absolute Gasteiger partial charge is 0.306 e. The topological polar surface area (TPSA) is 208 Å². The van der Waals surface area contributed by atoms with Gasteiger partial charge < -0.3 is 54.0 Å². The molecule has 2 fully saturated rings. The number of ether oxygens (including phenoxy) is 6. The Kier molecular flexibility index (Phi) is 18.8. The van der Waals surface area contributed by atoms with Crippen LogP contribution >= 0.6 is 0 Å². The maximum atomic E-state index is 13.0. The monoisotopic (exact) mass is 692 g/mol. The Morgan fingerprint density at radius 3 is 1.73 bits per heavy atom. The molecule has 0 spiro atoms. The molecule has 14 nitrogen and oxygen atoms in total. The van der Waals surface area contributed by atoms with Gasteiger partial charge >= 0.3 is 17.9 Å². The number of hydrogen-bond acceptors (Lipinski definition) is 14. The Hall–Kier alpha value is -1.91. The van der Waals surface area contributed by atoms with E-state index in [1.54, 1.807) is 27.7 Å². The minimum absolute atomic E-state index is 0.00904. The lowest BCUT2D eigenvalue weighted by Crippen LogP contribution is -2.64. The Morgan fingerprint density at radius 2 is 1.21 bits per heavy atom. The molecule has 2 heterocycles. The quantitative estimate of drug-likeness (QED) is 0.0627. The van der Waals surface area contributed by atoms with Crippen molar-refractivity contribution in [3.63, 3.8) is 0 Å². The van der Waals surface area contributed by atoms with Crippen molar-refractivity contribution in [1.82, 2.24) is 0 Å². The van der Waals surface area contributed by atoms with Gasteiger partial charge in [0.2, 0.25) is 5.79 Å². The molecule has 2 rings (SSSR count). The number of carbonyl (C=O) groups is 3. The largest absolute Gasteiger partial charge is 0.455 e. The standard InChI is InChI=1S/C34H60O14/c1-6-7-8-9-10-11-12-13-14-15-25(38)44-31-29(42)33(43-24(19-36)30(31)45-26(39)16-21(2)3)48-34(20-37)32(28(41)23(18-35)47-34)46-27(40)17-22(4)5/h21-24,28-33,35-37,41-42H,6-20H2,1-5H3/t23-,24-,28-,29-,30-,31-,32+,33-,34+/m1/s1. The average molecular weight is 693 g/mol. The second-order valence-electron chi connectivity index (χ2n) is 13.7. The van der Waals surface area contributed by atoms with Gasteiger partial charge in [-0.2, -0.15) is 0 Å². The number of aliphatic hydroxyl groups excluding tert-OH is 5. The van der Waals surface area contributed by atoms with Crippen LogP contribution in [0.2, 0.25) is 0 Å². The fourth-order valence-corrected chi connectivity index (χ4v) is 5.87. The number of esters is 3. The highest BCUT2D eigenvalue weighted by atomic mass is 16.8. The summed E-state index contributed by atoms with van der Waals surface area (Å²) in [6.07, 6.45) is -3.34. The fraction of sp³-hybridized carbons (Fsp3) is 0.912. The first-order chi connectivity index (χ1) is 22.8. The molecule has 0 unspecified atom stereocenters. The van der Waals surface area contributed by atoms with E-state index < -0.39 is 92.5 Å². The van der Waals surface area contributed by atoms with Crippen molar-refractivity contribution < 1.29 is 68.3 Å². The SMILES string of the molecule is CCCCCCCCCCCC(=O)O[C@@H]1[C@@H](O)[C@@H](O[C@]2(CO)O[C@H](CO)[C@@H](O)[C@@H]2OC(=O)CC(C)C)O[C@H](CO)[C@H]1OC(=O)CC(C)C. The molecule has 2 saturated heterocycles. The summed E-state index contributed by atoms with van der Waals surface area (Å²) in [6, 6.07) is 0. The number of unbranched alkanes of at least 4 members (excludes halogenated alkanes) is 8. The van der Waals surface area contributed by atoms with Crippen LogP contribution in [0.25, 0.3) is 0 Å². The van der Waals surface area contributed by atoms with Crippen LogP contribution in [0.1, 0.15) is 112 Å². The highest BCUT2D eigenvalue weighted by molar-refractivity contribution is 5.71. The van der Waals surface area contributed by atoms with Crippen LogP contribution in [0.4, 0.5) is 0 Å². The molecule has 5 N–H and O–H groups in total. The predicted molar refractivity (Wildman–Crippen MR) is 171 cm³/mol. The fourth-order valence-electron chi connectivity index (χ4n) is 5.87. The molecule has 0 aromatic carbocycles. The van der Waals surface area contributed by atoms with E-state index in [0.717, 1.165) is 25.7 Å². The van der Waals surface area contributed by atoms with Crippen LogP contribution < -0.4 is 0 Å². The highest BCUT2D eigenvalue weighted by Crippen LogP contribution is 2.39. The number of rotatable bonds is 22. The lowest BCUT2D eigenvalue weighted by molar-refractivity contribution is -0.384. The van der Waals surface area contributed by atoms with Crippen molar-refractivity contribution in [3.05, 3.63) is 0 Å².